The molecule has 1 aliphatic heterocycles. The van der Waals surface area contributed by atoms with Gasteiger partial charge in [-0.2, -0.15) is 13.2 Å². The molecule has 2 aromatic heterocycles. The Hall–Kier alpha value is -3.22. The summed E-state index contributed by atoms with van der Waals surface area (Å²) in [6.45, 7) is 1.20. The van der Waals surface area contributed by atoms with Crippen molar-refractivity contribution in [3.63, 3.8) is 0 Å². The van der Waals surface area contributed by atoms with E-state index in [4.69, 9.17) is 4.42 Å². The third kappa shape index (κ3) is 4.83. The molecule has 1 aliphatic rings. The standard InChI is InChI=1S/C21H18F5N3O4S/c1-10-15-5-13(22)6-16(23)18(15)33-17(10)19(21(24,25)26)29-20(30)28-14-4-12(7-27-8-14)11-2-3-34(31,32)9-11/h4-8,11,19H,2-3,9H2,1H3,(H2,28,29,30)/t11?,19-/m1/s1. The van der Waals surface area contributed by atoms with E-state index in [-0.39, 0.29) is 34.1 Å². The first-order valence-electron chi connectivity index (χ1n) is 10.0. The van der Waals surface area contributed by atoms with Gasteiger partial charge in [-0.05, 0) is 31.0 Å². The summed E-state index contributed by atoms with van der Waals surface area (Å²) in [4.78, 5) is 16.3. The number of rotatable bonds is 4. The number of urea groups is 1. The molecule has 0 saturated carbocycles. The van der Waals surface area contributed by atoms with Crippen LogP contribution >= 0.6 is 0 Å². The Morgan fingerprint density at radius 2 is 1.94 bits per heavy atom. The van der Waals surface area contributed by atoms with Gasteiger partial charge in [-0.1, -0.05) is 0 Å². The molecule has 34 heavy (non-hydrogen) atoms. The minimum Gasteiger partial charge on any atom is -0.455 e. The van der Waals surface area contributed by atoms with Gasteiger partial charge in [-0.3, -0.25) is 4.98 Å². The average molecular weight is 503 g/mol. The second-order valence-corrected chi connectivity index (χ2v) is 10.3. The van der Waals surface area contributed by atoms with E-state index in [9.17, 15) is 35.2 Å². The molecule has 13 heteroatoms. The van der Waals surface area contributed by atoms with Crippen molar-refractivity contribution >= 4 is 32.5 Å². The van der Waals surface area contributed by atoms with Crippen molar-refractivity contribution in [2.75, 3.05) is 16.8 Å². The molecule has 4 rings (SSSR count). The van der Waals surface area contributed by atoms with Crippen LogP contribution < -0.4 is 10.6 Å². The third-order valence-electron chi connectivity index (χ3n) is 5.58. The van der Waals surface area contributed by atoms with Crippen LogP contribution in [0, 0.1) is 18.6 Å². The molecular weight excluding hydrogens is 485 g/mol. The molecule has 2 atom stereocenters. The number of furan rings is 1. The van der Waals surface area contributed by atoms with Crippen LogP contribution in [0.3, 0.4) is 0 Å². The molecule has 7 nitrogen and oxygen atoms in total. The number of carbonyl (C=O) groups is 1. The fourth-order valence-electron chi connectivity index (χ4n) is 3.94. The van der Waals surface area contributed by atoms with E-state index in [2.05, 4.69) is 10.3 Å². The highest BCUT2D eigenvalue weighted by molar-refractivity contribution is 7.91. The zero-order chi connectivity index (χ0) is 24.8. The summed E-state index contributed by atoms with van der Waals surface area (Å²) in [6.07, 6.45) is -2.03. The van der Waals surface area contributed by atoms with Gasteiger partial charge in [0, 0.05) is 29.1 Å². The Balaban J connectivity index is 1.57. The highest BCUT2D eigenvalue weighted by Gasteiger charge is 2.45. The number of fused-ring (bicyclic) bond motifs is 1. The van der Waals surface area contributed by atoms with Crippen molar-refractivity contribution in [2.45, 2.75) is 31.5 Å². The maximum absolute atomic E-state index is 14.0. The Labute approximate surface area is 190 Å². The molecule has 1 saturated heterocycles. The van der Waals surface area contributed by atoms with E-state index >= 15 is 0 Å². The van der Waals surface area contributed by atoms with Gasteiger partial charge < -0.3 is 15.1 Å². The number of anilines is 1. The number of sulfone groups is 1. The average Bonchev–Trinajstić information content (AvgIpc) is 3.25. The first-order chi connectivity index (χ1) is 15.8. The molecule has 3 heterocycles. The monoisotopic (exact) mass is 503 g/mol. The number of benzene rings is 1. The second kappa shape index (κ2) is 8.53. The maximum Gasteiger partial charge on any atom is 0.416 e. The van der Waals surface area contributed by atoms with Gasteiger partial charge in [0.25, 0.3) is 0 Å². The summed E-state index contributed by atoms with van der Waals surface area (Å²) in [5.41, 5.74) is -0.164. The number of alkyl halides is 3. The molecule has 0 bridgehead atoms. The molecule has 2 amide bonds. The van der Waals surface area contributed by atoms with Crippen molar-refractivity contribution < 1.29 is 39.6 Å². The topological polar surface area (TPSA) is 101 Å². The van der Waals surface area contributed by atoms with Gasteiger partial charge in [0.1, 0.15) is 11.6 Å². The number of hydrogen-bond acceptors (Lipinski definition) is 5. The fourth-order valence-corrected chi connectivity index (χ4v) is 5.72. The first kappa shape index (κ1) is 23.9. The lowest BCUT2D eigenvalue weighted by Gasteiger charge is -2.21. The van der Waals surface area contributed by atoms with Crippen LogP contribution in [0.2, 0.25) is 0 Å². The van der Waals surface area contributed by atoms with Crippen LogP contribution in [0.5, 0.6) is 0 Å². The minimum absolute atomic E-state index is 0.0183. The van der Waals surface area contributed by atoms with Crippen molar-refractivity contribution in [2.24, 2.45) is 0 Å². The fraction of sp³-hybridized carbons (Fsp3) is 0.333. The maximum atomic E-state index is 14.0. The summed E-state index contributed by atoms with van der Waals surface area (Å²) in [5.74, 6) is -3.35. The van der Waals surface area contributed by atoms with Crippen molar-refractivity contribution in [1.82, 2.24) is 10.3 Å². The SMILES string of the molecule is Cc1c([C@@H](NC(=O)Nc2cncc(C3CCS(=O)(=O)C3)c2)C(F)(F)F)oc2c(F)cc(F)cc12. The van der Waals surface area contributed by atoms with Gasteiger partial charge in [0.15, 0.2) is 27.3 Å². The largest absolute Gasteiger partial charge is 0.455 e. The number of amides is 2. The minimum atomic E-state index is -5.02. The third-order valence-corrected chi connectivity index (χ3v) is 7.35. The van der Waals surface area contributed by atoms with Crippen molar-refractivity contribution in [3.8, 4) is 0 Å². The Morgan fingerprint density at radius 3 is 2.59 bits per heavy atom. The molecule has 2 N–H and O–H groups in total. The predicted molar refractivity (Wildman–Crippen MR) is 112 cm³/mol. The highest BCUT2D eigenvalue weighted by Crippen LogP contribution is 2.39. The molecule has 1 aromatic carbocycles. The van der Waals surface area contributed by atoms with E-state index in [0.29, 0.717) is 18.1 Å². The van der Waals surface area contributed by atoms with E-state index in [0.717, 1.165) is 6.07 Å². The lowest BCUT2D eigenvalue weighted by atomic mass is 10.0. The number of aryl methyl sites for hydroxylation is 1. The predicted octanol–water partition coefficient (Wildman–Crippen LogP) is 4.74. The summed E-state index contributed by atoms with van der Waals surface area (Å²) >= 11 is 0. The van der Waals surface area contributed by atoms with Crippen LogP contribution in [0.1, 0.15) is 35.3 Å². The quantitative estimate of drug-likeness (QED) is 0.501. The lowest BCUT2D eigenvalue weighted by molar-refractivity contribution is -0.158. The number of nitrogens with one attached hydrogen (secondary N) is 2. The van der Waals surface area contributed by atoms with Crippen LogP contribution in [0.25, 0.3) is 11.0 Å². The molecule has 1 unspecified atom stereocenters. The van der Waals surface area contributed by atoms with E-state index in [1.807, 2.05) is 0 Å². The van der Waals surface area contributed by atoms with Gasteiger partial charge >= 0.3 is 12.2 Å². The van der Waals surface area contributed by atoms with Crippen LogP contribution in [0.15, 0.2) is 35.0 Å². The number of nitrogens with zero attached hydrogens (tertiary/aromatic N) is 1. The smallest absolute Gasteiger partial charge is 0.416 e. The van der Waals surface area contributed by atoms with E-state index in [1.165, 1.54) is 25.4 Å². The molecular formula is C21H18F5N3O4S. The van der Waals surface area contributed by atoms with Crippen LogP contribution in [0.4, 0.5) is 32.4 Å². The number of aromatic nitrogens is 1. The number of halogens is 5. The Bertz CT molecular complexity index is 1370. The normalized spacial score (nSPS) is 18.7. The first-order valence-corrected chi connectivity index (χ1v) is 11.8. The zero-order valence-corrected chi connectivity index (χ0v) is 18.4. The van der Waals surface area contributed by atoms with Crippen molar-refractivity contribution in [1.29, 1.82) is 0 Å². The Morgan fingerprint density at radius 1 is 1.21 bits per heavy atom. The summed E-state index contributed by atoms with van der Waals surface area (Å²) in [5, 5.41) is 3.80. The van der Waals surface area contributed by atoms with Gasteiger partial charge in [-0.25, -0.2) is 22.0 Å². The van der Waals surface area contributed by atoms with Crippen molar-refractivity contribution in [3.05, 3.63) is 59.1 Å². The highest BCUT2D eigenvalue weighted by atomic mass is 32.2. The van der Waals surface area contributed by atoms with Crippen LogP contribution in [-0.4, -0.2) is 37.1 Å². The number of pyridine rings is 1. The summed E-state index contributed by atoms with van der Waals surface area (Å²) < 4.78 is 97.4. The molecule has 1 fully saturated rings. The molecule has 0 spiro atoms. The van der Waals surface area contributed by atoms with Gasteiger partial charge in [-0.15, -0.1) is 0 Å². The Kier molecular flexibility index (Phi) is 6.00. The summed E-state index contributed by atoms with van der Waals surface area (Å²) in [6, 6.07) is -1.15. The second-order valence-electron chi connectivity index (χ2n) is 8.04. The van der Waals surface area contributed by atoms with Gasteiger partial charge in [0.2, 0.25) is 0 Å². The molecule has 182 valence electrons. The van der Waals surface area contributed by atoms with Gasteiger partial charge in [0.05, 0.1) is 23.4 Å². The number of carbonyl (C=O) groups excluding carboxylic acids is 1. The van der Waals surface area contributed by atoms with Crippen LogP contribution in [-0.2, 0) is 9.84 Å². The molecule has 3 aromatic rings. The van der Waals surface area contributed by atoms with E-state index in [1.54, 1.807) is 5.32 Å². The van der Waals surface area contributed by atoms with E-state index < -0.39 is 51.1 Å². The summed E-state index contributed by atoms with van der Waals surface area (Å²) in [7, 11) is -3.18. The number of hydrogen-bond donors (Lipinski definition) is 2. The molecule has 0 radical (unpaired) electrons. The molecule has 0 aliphatic carbocycles. The lowest BCUT2D eigenvalue weighted by Crippen LogP contribution is -2.40. The zero-order valence-electron chi connectivity index (χ0n) is 17.5.